The van der Waals surface area contributed by atoms with Crippen molar-refractivity contribution in [2.75, 3.05) is 18.0 Å². The summed E-state index contributed by atoms with van der Waals surface area (Å²) in [6.07, 6.45) is 10.2. The number of hydrogen-bond donors (Lipinski definition) is 1. The fraction of sp³-hybridized carbons (Fsp3) is 0.406. The van der Waals surface area contributed by atoms with Gasteiger partial charge >= 0.3 is 0 Å². The summed E-state index contributed by atoms with van der Waals surface area (Å²) in [6, 6.07) is 22.4. The summed E-state index contributed by atoms with van der Waals surface area (Å²) >= 11 is 0. The molecular formula is C32H35NO2. The van der Waals surface area contributed by atoms with Gasteiger partial charge in [0.25, 0.3) is 0 Å². The monoisotopic (exact) mass is 465 g/mol. The fourth-order valence-electron chi connectivity index (χ4n) is 6.75. The van der Waals surface area contributed by atoms with E-state index in [9.17, 15) is 9.90 Å². The lowest BCUT2D eigenvalue weighted by Gasteiger charge is -2.36. The molecule has 1 heterocycles. The van der Waals surface area contributed by atoms with Crippen molar-refractivity contribution >= 4 is 12.0 Å². The maximum absolute atomic E-state index is 11.1. The van der Waals surface area contributed by atoms with Crippen LogP contribution in [0.4, 0.5) is 5.69 Å². The second-order valence-electron chi connectivity index (χ2n) is 10.8. The molecule has 0 spiro atoms. The van der Waals surface area contributed by atoms with E-state index in [-0.39, 0.29) is 11.8 Å². The highest BCUT2D eigenvalue weighted by molar-refractivity contribution is 5.56. The zero-order valence-corrected chi connectivity index (χ0v) is 20.5. The average molecular weight is 466 g/mol. The van der Waals surface area contributed by atoms with Crippen LogP contribution in [-0.2, 0) is 24.1 Å². The highest BCUT2D eigenvalue weighted by Crippen LogP contribution is 2.47. The van der Waals surface area contributed by atoms with Gasteiger partial charge in [0, 0.05) is 30.6 Å². The molecule has 35 heavy (non-hydrogen) atoms. The molecule has 0 bridgehead atoms. The SMILES string of the molecule is O=CC1CCN(c2ccc([C@@H]3c4ccc(O)cc4CC[C@@H]3c3ccc4c(c3)CCCC4)cc2)CC1. The minimum absolute atomic E-state index is 0.220. The molecule has 6 rings (SSSR count). The molecule has 0 unspecified atom stereocenters. The smallest absolute Gasteiger partial charge is 0.123 e. The van der Waals surface area contributed by atoms with Crippen molar-refractivity contribution in [2.24, 2.45) is 5.92 Å². The second kappa shape index (κ2) is 9.53. The minimum atomic E-state index is 0.220. The van der Waals surface area contributed by atoms with Gasteiger partial charge < -0.3 is 14.8 Å². The third kappa shape index (κ3) is 4.37. The third-order valence-corrected chi connectivity index (χ3v) is 8.74. The molecule has 2 atom stereocenters. The number of phenolic OH excluding ortho intramolecular Hbond substituents is 1. The van der Waals surface area contributed by atoms with Crippen LogP contribution in [0.25, 0.3) is 0 Å². The Kier molecular flexibility index (Phi) is 6.10. The summed E-state index contributed by atoms with van der Waals surface area (Å²) in [6.45, 7) is 1.90. The van der Waals surface area contributed by atoms with E-state index < -0.39 is 0 Å². The van der Waals surface area contributed by atoms with Crippen LogP contribution in [0.3, 0.4) is 0 Å². The Morgan fingerprint density at radius 3 is 2.26 bits per heavy atom. The van der Waals surface area contributed by atoms with E-state index in [2.05, 4.69) is 53.4 Å². The maximum atomic E-state index is 11.1. The van der Waals surface area contributed by atoms with Crippen molar-refractivity contribution in [1.82, 2.24) is 0 Å². The van der Waals surface area contributed by atoms with Gasteiger partial charge in [-0.25, -0.2) is 0 Å². The molecule has 1 aliphatic heterocycles. The van der Waals surface area contributed by atoms with Crippen molar-refractivity contribution in [1.29, 1.82) is 0 Å². The number of rotatable bonds is 4. The molecule has 3 aliphatic rings. The van der Waals surface area contributed by atoms with E-state index in [0.717, 1.165) is 45.1 Å². The van der Waals surface area contributed by atoms with E-state index >= 15 is 0 Å². The largest absolute Gasteiger partial charge is 0.508 e. The molecule has 0 radical (unpaired) electrons. The number of hydrogen-bond acceptors (Lipinski definition) is 3. The van der Waals surface area contributed by atoms with Gasteiger partial charge in [-0.1, -0.05) is 36.4 Å². The number of aromatic hydroxyl groups is 1. The Hall–Kier alpha value is -3.07. The number of phenols is 1. The molecular weight excluding hydrogens is 430 g/mol. The lowest BCUT2D eigenvalue weighted by atomic mass is 9.68. The van der Waals surface area contributed by atoms with Crippen molar-refractivity contribution in [3.63, 3.8) is 0 Å². The first-order valence-corrected chi connectivity index (χ1v) is 13.4. The Bertz CT molecular complexity index is 1210. The molecule has 0 saturated carbocycles. The predicted octanol–water partition coefficient (Wildman–Crippen LogP) is 6.55. The Balaban J connectivity index is 1.34. The molecule has 3 nitrogen and oxygen atoms in total. The Morgan fingerprint density at radius 2 is 1.49 bits per heavy atom. The summed E-state index contributed by atoms with van der Waals surface area (Å²) in [5.74, 6) is 1.31. The summed E-state index contributed by atoms with van der Waals surface area (Å²) in [7, 11) is 0. The number of piperidine rings is 1. The number of nitrogens with zero attached hydrogens (tertiary/aromatic N) is 1. The highest BCUT2D eigenvalue weighted by atomic mass is 16.3. The normalized spacial score (nSPS) is 22.3. The molecule has 1 saturated heterocycles. The lowest BCUT2D eigenvalue weighted by molar-refractivity contribution is -0.111. The fourth-order valence-corrected chi connectivity index (χ4v) is 6.75. The van der Waals surface area contributed by atoms with E-state index in [1.165, 1.54) is 53.6 Å². The molecule has 3 aromatic rings. The maximum Gasteiger partial charge on any atom is 0.123 e. The van der Waals surface area contributed by atoms with Crippen LogP contribution in [0.1, 0.15) is 77.3 Å². The van der Waals surface area contributed by atoms with Gasteiger partial charge in [-0.2, -0.15) is 0 Å². The first-order chi connectivity index (χ1) is 17.2. The van der Waals surface area contributed by atoms with Crippen LogP contribution >= 0.6 is 0 Å². The third-order valence-electron chi connectivity index (χ3n) is 8.74. The van der Waals surface area contributed by atoms with Crippen LogP contribution in [0.5, 0.6) is 5.75 Å². The topological polar surface area (TPSA) is 40.5 Å². The van der Waals surface area contributed by atoms with Crippen molar-refractivity contribution < 1.29 is 9.90 Å². The van der Waals surface area contributed by atoms with Crippen molar-refractivity contribution in [3.8, 4) is 5.75 Å². The number of carbonyl (C=O) groups excluding carboxylic acids is 1. The summed E-state index contributed by atoms with van der Waals surface area (Å²) in [4.78, 5) is 13.6. The first kappa shape index (κ1) is 22.4. The molecule has 2 aliphatic carbocycles. The van der Waals surface area contributed by atoms with E-state index in [4.69, 9.17) is 0 Å². The minimum Gasteiger partial charge on any atom is -0.508 e. The van der Waals surface area contributed by atoms with Gasteiger partial charge in [-0.05, 0) is 115 Å². The van der Waals surface area contributed by atoms with Gasteiger partial charge in [-0.15, -0.1) is 0 Å². The van der Waals surface area contributed by atoms with Crippen molar-refractivity contribution in [3.05, 3.63) is 94.0 Å². The van der Waals surface area contributed by atoms with Gasteiger partial charge in [0.1, 0.15) is 12.0 Å². The summed E-state index contributed by atoms with van der Waals surface area (Å²) in [5.41, 5.74) is 9.81. The average Bonchev–Trinajstić information content (AvgIpc) is 2.92. The summed E-state index contributed by atoms with van der Waals surface area (Å²) in [5, 5.41) is 10.2. The molecule has 1 fully saturated rings. The van der Waals surface area contributed by atoms with Gasteiger partial charge in [0.2, 0.25) is 0 Å². The highest BCUT2D eigenvalue weighted by Gasteiger charge is 2.33. The summed E-state index contributed by atoms with van der Waals surface area (Å²) < 4.78 is 0. The zero-order valence-electron chi connectivity index (χ0n) is 20.5. The van der Waals surface area contributed by atoms with Crippen LogP contribution in [0.2, 0.25) is 0 Å². The van der Waals surface area contributed by atoms with Crippen LogP contribution in [0, 0.1) is 5.92 Å². The number of aldehydes is 1. The zero-order chi connectivity index (χ0) is 23.8. The Morgan fingerprint density at radius 1 is 0.743 bits per heavy atom. The van der Waals surface area contributed by atoms with E-state index in [1.54, 1.807) is 11.1 Å². The molecule has 3 heteroatoms. The quantitative estimate of drug-likeness (QED) is 0.444. The number of carbonyl (C=O) groups is 1. The van der Waals surface area contributed by atoms with Crippen LogP contribution < -0.4 is 4.90 Å². The van der Waals surface area contributed by atoms with Gasteiger partial charge in [0.15, 0.2) is 0 Å². The number of aryl methyl sites for hydroxylation is 3. The van der Waals surface area contributed by atoms with E-state index in [1.807, 2.05) is 12.1 Å². The predicted molar refractivity (Wildman–Crippen MR) is 142 cm³/mol. The first-order valence-electron chi connectivity index (χ1n) is 13.4. The van der Waals surface area contributed by atoms with Gasteiger partial charge in [-0.3, -0.25) is 0 Å². The van der Waals surface area contributed by atoms with Crippen LogP contribution in [-0.4, -0.2) is 24.5 Å². The number of anilines is 1. The molecule has 3 aromatic carbocycles. The number of benzene rings is 3. The standard InChI is InChI=1S/C32H35NO2/c34-21-22-15-17-33(18-16-22)28-10-7-24(8-11-28)32-30(13-9-27-20-29(35)12-14-31(27)32)26-6-5-23-3-1-2-4-25(23)19-26/h5-8,10-12,14,19-22,30,32,35H,1-4,9,13,15-18H2/t30-,32+/m1/s1. The molecule has 1 N–H and O–H groups in total. The Labute approximate surface area is 208 Å². The lowest BCUT2D eigenvalue weighted by Crippen LogP contribution is -2.34. The van der Waals surface area contributed by atoms with E-state index in [0.29, 0.717) is 11.7 Å². The molecule has 0 aromatic heterocycles. The van der Waals surface area contributed by atoms with Crippen molar-refractivity contribution in [2.45, 2.75) is 63.2 Å². The number of fused-ring (bicyclic) bond motifs is 2. The van der Waals surface area contributed by atoms with Crippen LogP contribution in [0.15, 0.2) is 60.7 Å². The molecule has 180 valence electrons. The second-order valence-corrected chi connectivity index (χ2v) is 10.8. The molecule has 0 amide bonds. The van der Waals surface area contributed by atoms with Gasteiger partial charge in [0.05, 0.1) is 0 Å².